The first-order chi connectivity index (χ1) is 9.95. The number of nitrogens with zero attached hydrogens (tertiary/aromatic N) is 1. The lowest BCUT2D eigenvalue weighted by atomic mass is 10.0. The van der Waals surface area contributed by atoms with Crippen molar-refractivity contribution in [3.63, 3.8) is 0 Å². The number of rotatable bonds is 5. The Bertz CT molecular complexity index is 554. The number of amides is 1. The third-order valence-electron chi connectivity index (χ3n) is 3.30. The maximum absolute atomic E-state index is 12.0. The van der Waals surface area contributed by atoms with Gasteiger partial charge in [0.15, 0.2) is 5.75 Å². The summed E-state index contributed by atoms with van der Waals surface area (Å²) in [4.78, 5) is 22.3. The van der Waals surface area contributed by atoms with E-state index in [9.17, 15) is 20.0 Å². The molecule has 2 N–H and O–H groups in total. The lowest BCUT2D eigenvalue weighted by molar-refractivity contribution is -0.385. The predicted molar refractivity (Wildman–Crippen MR) is 72.4 cm³/mol. The van der Waals surface area contributed by atoms with Gasteiger partial charge in [-0.15, -0.1) is 0 Å². The fourth-order valence-electron chi connectivity index (χ4n) is 2.06. The number of benzene rings is 1. The molecule has 0 spiro atoms. The van der Waals surface area contributed by atoms with Crippen molar-refractivity contribution in [3.8, 4) is 5.75 Å². The van der Waals surface area contributed by atoms with Crippen LogP contribution in [-0.2, 0) is 4.74 Å². The first kappa shape index (κ1) is 15.2. The minimum Gasteiger partial charge on any atom is -0.490 e. The second-order valence-corrected chi connectivity index (χ2v) is 4.85. The smallest absolute Gasteiger partial charge is 0.311 e. The van der Waals surface area contributed by atoms with Gasteiger partial charge in [0, 0.05) is 31.2 Å². The number of nitro benzene ring substituents is 1. The first-order valence-electron chi connectivity index (χ1n) is 6.36. The van der Waals surface area contributed by atoms with E-state index in [-0.39, 0.29) is 30.2 Å². The zero-order chi connectivity index (χ0) is 15.5. The van der Waals surface area contributed by atoms with Crippen molar-refractivity contribution in [1.82, 2.24) is 5.32 Å². The van der Waals surface area contributed by atoms with Crippen LogP contribution in [0.4, 0.5) is 5.69 Å². The van der Waals surface area contributed by atoms with Crippen LogP contribution in [0.2, 0.25) is 0 Å². The van der Waals surface area contributed by atoms with Crippen LogP contribution in [0.3, 0.4) is 0 Å². The molecule has 114 valence electrons. The Balaban J connectivity index is 2.08. The second kappa shape index (κ2) is 6.06. The van der Waals surface area contributed by atoms with E-state index in [2.05, 4.69) is 5.32 Å². The quantitative estimate of drug-likeness (QED) is 0.604. The van der Waals surface area contributed by atoms with Crippen LogP contribution in [-0.4, -0.2) is 48.4 Å². The molecule has 1 aliphatic heterocycles. The molecule has 1 amide bonds. The molecule has 1 aromatic rings. The molecule has 0 saturated carbocycles. The van der Waals surface area contributed by atoms with Gasteiger partial charge in [-0.25, -0.2) is 0 Å². The number of aliphatic hydroxyl groups is 1. The first-order valence-corrected chi connectivity index (χ1v) is 6.36. The van der Waals surface area contributed by atoms with Gasteiger partial charge in [0.2, 0.25) is 0 Å². The minimum atomic E-state index is -1.08. The van der Waals surface area contributed by atoms with Crippen molar-refractivity contribution in [1.29, 1.82) is 0 Å². The maximum Gasteiger partial charge on any atom is 0.311 e. The predicted octanol–water partition coefficient (Wildman–Crippen LogP) is 0.485. The average Bonchev–Trinajstić information content (AvgIpc) is 2.91. The summed E-state index contributed by atoms with van der Waals surface area (Å²) < 4.78 is 9.94. The second-order valence-electron chi connectivity index (χ2n) is 4.85. The van der Waals surface area contributed by atoms with Crippen LogP contribution in [0.15, 0.2) is 18.2 Å². The van der Waals surface area contributed by atoms with Crippen LogP contribution in [0.5, 0.6) is 5.75 Å². The van der Waals surface area contributed by atoms with Gasteiger partial charge in [0.1, 0.15) is 5.60 Å². The topological polar surface area (TPSA) is 111 Å². The molecular weight excluding hydrogens is 280 g/mol. The molecule has 1 heterocycles. The summed E-state index contributed by atoms with van der Waals surface area (Å²) in [7, 11) is 1.32. The lowest BCUT2D eigenvalue weighted by Gasteiger charge is -2.20. The number of methoxy groups -OCH3 is 1. The van der Waals surface area contributed by atoms with Gasteiger partial charge < -0.3 is 19.9 Å². The zero-order valence-corrected chi connectivity index (χ0v) is 11.5. The summed E-state index contributed by atoms with van der Waals surface area (Å²) in [5.41, 5.74) is -1.23. The van der Waals surface area contributed by atoms with E-state index in [1.807, 2.05) is 0 Å². The summed E-state index contributed by atoms with van der Waals surface area (Å²) >= 11 is 0. The maximum atomic E-state index is 12.0. The van der Waals surface area contributed by atoms with Crippen molar-refractivity contribution < 1.29 is 24.3 Å². The highest BCUT2D eigenvalue weighted by atomic mass is 16.6. The van der Waals surface area contributed by atoms with Gasteiger partial charge in [-0.3, -0.25) is 14.9 Å². The highest BCUT2D eigenvalue weighted by Crippen LogP contribution is 2.27. The van der Waals surface area contributed by atoms with E-state index in [0.717, 1.165) is 6.07 Å². The molecule has 2 rings (SSSR count). The Morgan fingerprint density at radius 1 is 1.62 bits per heavy atom. The van der Waals surface area contributed by atoms with Crippen molar-refractivity contribution in [2.75, 3.05) is 26.9 Å². The fourth-order valence-corrected chi connectivity index (χ4v) is 2.06. The van der Waals surface area contributed by atoms with Gasteiger partial charge in [0.25, 0.3) is 5.91 Å². The molecule has 1 aliphatic rings. The van der Waals surface area contributed by atoms with Gasteiger partial charge in [-0.1, -0.05) is 0 Å². The Morgan fingerprint density at radius 3 is 2.95 bits per heavy atom. The normalized spacial score (nSPS) is 21.0. The van der Waals surface area contributed by atoms with Crippen LogP contribution < -0.4 is 10.1 Å². The van der Waals surface area contributed by atoms with Crippen molar-refractivity contribution in [3.05, 3.63) is 33.9 Å². The third kappa shape index (κ3) is 3.47. The summed E-state index contributed by atoms with van der Waals surface area (Å²) in [6.07, 6.45) is 0.441. The number of hydrogen-bond donors (Lipinski definition) is 2. The van der Waals surface area contributed by atoms with E-state index in [0.29, 0.717) is 13.0 Å². The number of carbonyl (C=O) groups excluding carboxylic acids is 1. The number of nitro groups is 1. The monoisotopic (exact) mass is 296 g/mol. The Labute approximate surface area is 120 Å². The largest absolute Gasteiger partial charge is 0.490 e. The minimum absolute atomic E-state index is 0.0334. The summed E-state index contributed by atoms with van der Waals surface area (Å²) in [6.45, 7) is 0.641. The van der Waals surface area contributed by atoms with Gasteiger partial charge >= 0.3 is 5.69 Å². The van der Waals surface area contributed by atoms with Gasteiger partial charge in [-0.2, -0.15) is 0 Å². The van der Waals surface area contributed by atoms with E-state index in [1.54, 1.807) is 0 Å². The van der Waals surface area contributed by atoms with E-state index in [1.165, 1.54) is 19.2 Å². The van der Waals surface area contributed by atoms with Gasteiger partial charge in [-0.05, 0) is 12.1 Å². The summed E-state index contributed by atoms with van der Waals surface area (Å²) in [5.74, 6) is -0.416. The van der Waals surface area contributed by atoms with Crippen LogP contribution in [0, 0.1) is 10.1 Å². The highest BCUT2D eigenvalue weighted by molar-refractivity contribution is 5.95. The molecule has 1 fully saturated rings. The van der Waals surface area contributed by atoms with E-state index in [4.69, 9.17) is 9.47 Å². The number of nitrogens with one attached hydrogen (secondary N) is 1. The molecular formula is C13H16N2O6. The third-order valence-corrected chi connectivity index (χ3v) is 3.30. The SMILES string of the molecule is COc1ccc(C(=O)NCC2(O)CCOC2)cc1[N+](=O)[O-]. The molecule has 0 aromatic heterocycles. The zero-order valence-electron chi connectivity index (χ0n) is 11.5. The molecule has 8 nitrogen and oxygen atoms in total. The number of ether oxygens (including phenoxy) is 2. The average molecular weight is 296 g/mol. The summed E-state index contributed by atoms with van der Waals surface area (Å²) in [5, 5.41) is 23.5. The Kier molecular flexibility index (Phi) is 4.39. The molecule has 1 saturated heterocycles. The number of carbonyl (C=O) groups is 1. The standard InChI is InChI=1S/C13H16N2O6/c1-20-11-3-2-9(6-10(11)15(18)19)12(16)14-7-13(17)4-5-21-8-13/h2-3,6,17H,4-5,7-8H2,1H3,(H,14,16). The van der Waals surface area contributed by atoms with Crippen molar-refractivity contribution in [2.45, 2.75) is 12.0 Å². The molecule has 1 atom stereocenters. The fraction of sp³-hybridized carbons (Fsp3) is 0.462. The highest BCUT2D eigenvalue weighted by Gasteiger charge is 2.32. The van der Waals surface area contributed by atoms with Crippen LogP contribution in [0.1, 0.15) is 16.8 Å². The van der Waals surface area contributed by atoms with Crippen molar-refractivity contribution >= 4 is 11.6 Å². The molecule has 0 radical (unpaired) electrons. The molecule has 1 unspecified atom stereocenters. The molecule has 8 heteroatoms. The molecule has 21 heavy (non-hydrogen) atoms. The molecule has 0 bridgehead atoms. The number of hydrogen-bond acceptors (Lipinski definition) is 6. The van der Waals surface area contributed by atoms with Gasteiger partial charge in [0.05, 0.1) is 18.6 Å². The Morgan fingerprint density at radius 2 is 2.38 bits per heavy atom. The summed E-state index contributed by atoms with van der Waals surface area (Å²) in [6, 6.07) is 3.93. The molecule has 1 aromatic carbocycles. The van der Waals surface area contributed by atoms with E-state index >= 15 is 0 Å². The Hall–Kier alpha value is -2.19. The molecule has 0 aliphatic carbocycles. The lowest BCUT2D eigenvalue weighted by Crippen LogP contribution is -2.43. The van der Waals surface area contributed by atoms with Crippen LogP contribution in [0.25, 0.3) is 0 Å². The van der Waals surface area contributed by atoms with E-state index < -0.39 is 16.4 Å². The van der Waals surface area contributed by atoms with Crippen LogP contribution >= 0.6 is 0 Å². The van der Waals surface area contributed by atoms with Crippen molar-refractivity contribution in [2.24, 2.45) is 0 Å².